The zero-order chi connectivity index (χ0) is 32.9. The zero-order valence-corrected chi connectivity index (χ0v) is 26.6. The predicted molar refractivity (Wildman–Crippen MR) is 182 cm³/mol. The van der Waals surface area contributed by atoms with Gasteiger partial charge in [-0.15, -0.1) is 0 Å². The first-order valence-electron chi connectivity index (χ1n) is 13.7. The molecule has 0 aromatic carbocycles. The van der Waals surface area contributed by atoms with Crippen molar-refractivity contribution < 1.29 is 4.42 Å². The number of rotatable bonds is 0. The summed E-state index contributed by atoms with van der Waals surface area (Å²) in [5.74, 6) is 0. The van der Waals surface area contributed by atoms with Gasteiger partial charge in [-0.25, -0.2) is 15.0 Å². The lowest BCUT2D eigenvalue weighted by atomic mass is 10.5. The molecule has 0 aliphatic rings. The van der Waals surface area contributed by atoms with E-state index < -0.39 is 0 Å². The van der Waals surface area contributed by atoms with Gasteiger partial charge in [0.15, 0.2) is 0 Å². The minimum Gasteiger partial charge on any atom is -0.473 e. The molecule has 0 saturated carbocycles. The van der Waals surface area contributed by atoms with Crippen LogP contribution in [0, 0.1) is 0 Å². The number of imidazole rings is 1. The summed E-state index contributed by atoms with van der Waals surface area (Å²) >= 11 is 1.71. The van der Waals surface area contributed by atoms with Crippen LogP contribution in [0.2, 0.25) is 0 Å². The van der Waals surface area contributed by atoms with Gasteiger partial charge in [-0.1, -0.05) is 18.2 Å². The number of furan rings is 1. The molecule has 0 saturated heterocycles. The fraction of sp³-hybridized carbons (Fsp3) is 0.0588. The first-order chi connectivity index (χ1) is 22.8. The topological polar surface area (TPSA) is 126 Å². The van der Waals surface area contributed by atoms with Crippen molar-refractivity contribution in [2.45, 2.75) is 0 Å². The third-order valence-electron chi connectivity index (χ3n) is 4.25. The molecule has 0 bridgehead atoms. The standard InChI is InChI=1S/C5H7N.C5H5N.C4H6N2.3C4H4N2.C4H4O.C4H4S/c1-6-4-2-3-5-6;1-2-4-6-5-3-1;1-6-3-2-5-4-6;1-2-6-4-3-5-1;1-2-5-4-6-3-1;1-2-4-6-5-3-1;2*1-2-4-5-3-1/h2-5H,1H3;1-5H;2-4H,1H3;3*1-4H;2*1-4H. The molecule has 0 unspecified atom stereocenters. The minimum atomic E-state index is 1.50. The van der Waals surface area contributed by atoms with E-state index in [-0.39, 0.29) is 0 Å². The molecule has 0 atom stereocenters. The van der Waals surface area contributed by atoms with Crippen molar-refractivity contribution in [1.29, 1.82) is 0 Å². The number of hydrogen-bond acceptors (Lipinski definition) is 10. The molecule has 8 aromatic rings. The van der Waals surface area contributed by atoms with E-state index in [9.17, 15) is 0 Å². The van der Waals surface area contributed by atoms with Crippen LogP contribution in [0.4, 0.5) is 0 Å². The summed E-state index contributed by atoms with van der Waals surface area (Å²) < 4.78 is 8.47. The first-order valence-corrected chi connectivity index (χ1v) is 14.6. The molecule has 236 valence electrons. The van der Waals surface area contributed by atoms with E-state index in [1.165, 1.54) is 6.33 Å². The highest BCUT2D eigenvalue weighted by atomic mass is 32.1. The monoisotopic (exact) mass is 634 g/mol. The quantitative estimate of drug-likeness (QED) is 0.174. The molecule has 8 rings (SSSR count). The number of hydrogen-bond donors (Lipinski definition) is 0. The summed E-state index contributed by atoms with van der Waals surface area (Å²) in [5, 5.41) is 11.2. The van der Waals surface area contributed by atoms with Crippen LogP contribution < -0.4 is 0 Å². The molecular formula is C34H38N10OS. The Morgan fingerprint density at radius 1 is 0.413 bits per heavy atom. The van der Waals surface area contributed by atoms with E-state index in [2.05, 4.69) is 44.5 Å². The SMILES string of the molecule is Cn1cccc1.Cn1ccnc1.c1ccncc1.c1ccnnc1.c1ccoc1.c1ccsc1.c1cnccn1.c1cncnc1. The number of aryl methyl sites for hydroxylation is 2. The second kappa shape index (κ2) is 31.8. The molecule has 8 aromatic heterocycles. The van der Waals surface area contributed by atoms with Gasteiger partial charge in [-0.05, 0) is 65.4 Å². The van der Waals surface area contributed by atoms with Crippen LogP contribution in [0.15, 0.2) is 200 Å². The van der Waals surface area contributed by atoms with E-state index in [1.54, 1.807) is 104 Å². The average Bonchev–Trinajstić information content (AvgIpc) is 4.01. The summed E-state index contributed by atoms with van der Waals surface area (Å²) in [6.07, 6.45) is 30.8. The van der Waals surface area contributed by atoms with Gasteiger partial charge in [-0.3, -0.25) is 15.0 Å². The lowest BCUT2D eigenvalue weighted by Crippen LogP contribution is -1.76. The predicted octanol–water partition coefficient (Wildman–Crippen LogP) is 6.98. The van der Waals surface area contributed by atoms with Crippen molar-refractivity contribution in [1.82, 2.24) is 49.2 Å². The number of pyridine rings is 1. The summed E-state index contributed by atoms with van der Waals surface area (Å²) in [5.41, 5.74) is 0. The van der Waals surface area contributed by atoms with Crippen LogP contribution in [0.5, 0.6) is 0 Å². The highest BCUT2D eigenvalue weighted by Gasteiger charge is 1.70. The van der Waals surface area contributed by atoms with Crippen molar-refractivity contribution >= 4 is 11.3 Å². The molecule has 0 N–H and O–H groups in total. The van der Waals surface area contributed by atoms with Crippen LogP contribution in [-0.4, -0.2) is 49.2 Å². The number of nitrogens with zero attached hydrogens (tertiary/aromatic N) is 10. The van der Waals surface area contributed by atoms with Gasteiger partial charge in [-0.2, -0.15) is 21.5 Å². The maximum atomic E-state index is 4.58. The molecule has 8 heterocycles. The maximum absolute atomic E-state index is 4.58. The molecule has 0 amide bonds. The smallest absolute Gasteiger partial charge is 0.115 e. The van der Waals surface area contributed by atoms with E-state index in [4.69, 9.17) is 0 Å². The van der Waals surface area contributed by atoms with Gasteiger partial charge in [0, 0.05) is 101 Å². The van der Waals surface area contributed by atoms with Crippen LogP contribution in [0.3, 0.4) is 0 Å². The lowest BCUT2D eigenvalue weighted by molar-refractivity contribution is 0.567. The lowest BCUT2D eigenvalue weighted by Gasteiger charge is -1.79. The van der Waals surface area contributed by atoms with Gasteiger partial charge < -0.3 is 13.6 Å². The van der Waals surface area contributed by atoms with Crippen molar-refractivity contribution in [3.05, 3.63) is 195 Å². The number of thiophene rings is 1. The molecule has 46 heavy (non-hydrogen) atoms. The molecule has 11 nitrogen and oxygen atoms in total. The van der Waals surface area contributed by atoms with Crippen LogP contribution in [0.25, 0.3) is 0 Å². The Morgan fingerprint density at radius 2 is 0.935 bits per heavy atom. The summed E-state index contributed by atoms with van der Waals surface area (Å²) in [6.45, 7) is 0. The Kier molecular flexibility index (Phi) is 26.2. The normalized spacial score (nSPS) is 8.22. The summed E-state index contributed by atoms with van der Waals surface area (Å²) in [6, 6.07) is 22.8. The van der Waals surface area contributed by atoms with Crippen LogP contribution in [-0.2, 0) is 14.1 Å². The fourth-order valence-electron chi connectivity index (χ4n) is 2.27. The van der Waals surface area contributed by atoms with Crippen LogP contribution in [0.1, 0.15) is 0 Å². The molecule has 0 spiro atoms. The van der Waals surface area contributed by atoms with Crippen molar-refractivity contribution in [3.8, 4) is 0 Å². The zero-order valence-electron chi connectivity index (χ0n) is 25.8. The Hall–Kier alpha value is -6.14. The van der Waals surface area contributed by atoms with E-state index >= 15 is 0 Å². The summed E-state index contributed by atoms with van der Waals surface area (Å²) in [4.78, 5) is 22.4. The first kappa shape index (κ1) is 37.9. The van der Waals surface area contributed by atoms with E-state index in [0.717, 1.165) is 0 Å². The van der Waals surface area contributed by atoms with Gasteiger partial charge in [0.1, 0.15) is 6.33 Å². The van der Waals surface area contributed by atoms with Gasteiger partial charge in [0.25, 0.3) is 0 Å². The fourth-order valence-corrected chi connectivity index (χ4v) is 2.73. The Balaban J connectivity index is 0.000000263. The van der Waals surface area contributed by atoms with Crippen molar-refractivity contribution in [2.75, 3.05) is 0 Å². The van der Waals surface area contributed by atoms with Gasteiger partial charge >= 0.3 is 0 Å². The molecule has 0 radical (unpaired) electrons. The summed E-state index contributed by atoms with van der Waals surface area (Å²) in [7, 11) is 3.94. The van der Waals surface area contributed by atoms with Crippen molar-refractivity contribution in [3.63, 3.8) is 0 Å². The largest absolute Gasteiger partial charge is 0.473 e. The second-order valence-electron chi connectivity index (χ2n) is 7.90. The van der Waals surface area contributed by atoms with Crippen molar-refractivity contribution in [2.24, 2.45) is 14.1 Å². The van der Waals surface area contributed by atoms with Crippen LogP contribution >= 0.6 is 11.3 Å². The third-order valence-corrected chi connectivity index (χ3v) is 4.87. The third kappa shape index (κ3) is 29.4. The Bertz CT molecular complexity index is 1200. The molecule has 0 aliphatic heterocycles. The second-order valence-corrected chi connectivity index (χ2v) is 8.72. The molecule has 12 heteroatoms. The van der Waals surface area contributed by atoms with Gasteiger partial charge in [0.05, 0.1) is 18.9 Å². The average molecular weight is 635 g/mol. The Morgan fingerprint density at radius 3 is 1.11 bits per heavy atom. The molecule has 0 aliphatic carbocycles. The number of aromatic nitrogens is 10. The minimum absolute atomic E-state index is 1.50. The Labute approximate surface area is 274 Å². The van der Waals surface area contributed by atoms with Gasteiger partial charge in [0.2, 0.25) is 0 Å². The highest BCUT2D eigenvalue weighted by molar-refractivity contribution is 7.07. The highest BCUT2D eigenvalue weighted by Crippen LogP contribution is 1.91. The van der Waals surface area contributed by atoms with E-state index in [1.807, 2.05) is 119 Å². The molecular weight excluding hydrogens is 597 g/mol. The maximum Gasteiger partial charge on any atom is 0.115 e. The van der Waals surface area contributed by atoms with E-state index in [0.29, 0.717) is 0 Å². The molecule has 0 fully saturated rings.